The van der Waals surface area contributed by atoms with E-state index in [4.69, 9.17) is 40.5 Å². The smallest absolute Gasteiger partial charge is 0.317 e. The molecular formula is C88H94F2N22O13. The van der Waals surface area contributed by atoms with E-state index in [1.165, 1.54) is 12.1 Å². The van der Waals surface area contributed by atoms with Gasteiger partial charge in [0.25, 0.3) is 23.6 Å². The predicted molar refractivity (Wildman–Crippen MR) is 456 cm³/mol. The number of anilines is 6. The first-order valence-corrected chi connectivity index (χ1v) is 42.0. The Balaban J connectivity index is 0.000000154. The molecule has 37 heteroatoms. The number of fused-ring (bicyclic) bond motifs is 4. The number of piperidine rings is 2. The van der Waals surface area contributed by atoms with Crippen LogP contribution >= 0.6 is 0 Å². The van der Waals surface area contributed by atoms with E-state index in [0.717, 1.165) is 124 Å². The zero-order chi connectivity index (χ0) is 86.8. The number of pyridine rings is 2. The summed E-state index contributed by atoms with van der Waals surface area (Å²) in [6.07, 6.45) is 7.80. The number of halogens is 2. The summed E-state index contributed by atoms with van der Waals surface area (Å²) in [6.45, 7) is 10.5. The minimum atomic E-state index is -1.04. The summed E-state index contributed by atoms with van der Waals surface area (Å²) in [5.74, 6) is -2.37. The Bertz CT molecular complexity index is 5760. The lowest BCUT2D eigenvalue weighted by Gasteiger charge is -2.35. The summed E-state index contributed by atoms with van der Waals surface area (Å²) in [4.78, 5) is 157. The number of hydrogen-bond acceptors (Lipinski definition) is 27. The number of piperazine rings is 2. The molecule has 6 fully saturated rings. The molecule has 8 aliphatic heterocycles. The number of benzene rings is 4. The van der Waals surface area contributed by atoms with Crippen LogP contribution in [0.5, 0.6) is 0 Å². The largest absolute Gasteiger partial charge is 0.480 e. The molecule has 6 saturated heterocycles. The number of aliphatic carboxylic acids is 1. The summed E-state index contributed by atoms with van der Waals surface area (Å²) in [5, 5.41) is 32.5. The van der Waals surface area contributed by atoms with Crippen molar-refractivity contribution in [3.8, 4) is 22.8 Å². The van der Waals surface area contributed by atoms with E-state index in [1.54, 1.807) is 73.1 Å². The molecule has 2 unspecified atom stereocenters. The van der Waals surface area contributed by atoms with E-state index >= 15 is 0 Å². The molecule has 648 valence electrons. The third-order valence-electron chi connectivity index (χ3n) is 23.3. The number of imide groups is 4. The first-order valence-electron chi connectivity index (χ1n) is 42.0. The second-order valence-corrected chi connectivity index (χ2v) is 31.3. The summed E-state index contributed by atoms with van der Waals surface area (Å²) in [5.41, 5.74) is 13.6. The van der Waals surface area contributed by atoms with Crippen LogP contribution in [0.3, 0.4) is 0 Å². The van der Waals surface area contributed by atoms with Crippen molar-refractivity contribution in [2.24, 2.45) is 5.73 Å². The van der Waals surface area contributed by atoms with Gasteiger partial charge in [-0.15, -0.1) is 10.2 Å². The zero-order valence-electron chi connectivity index (χ0n) is 68.5. The van der Waals surface area contributed by atoms with Gasteiger partial charge in [0, 0.05) is 116 Å². The highest BCUT2D eigenvalue weighted by Crippen LogP contribution is 2.40. The second kappa shape index (κ2) is 38.4. The van der Waals surface area contributed by atoms with Gasteiger partial charge in [-0.1, -0.05) is 48.5 Å². The van der Waals surface area contributed by atoms with Gasteiger partial charge in [-0.2, -0.15) is 0 Å². The maximum atomic E-state index is 14.1. The van der Waals surface area contributed by atoms with Crippen molar-refractivity contribution in [3.05, 3.63) is 203 Å². The van der Waals surface area contributed by atoms with E-state index in [1.807, 2.05) is 86.7 Å². The van der Waals surface area contributed by atoms with Crippen LogP contribution in [0.4, 0.5) is 43.4 Å². The van der Waals surface area contributed by atoms with E-state index in [2.05, 4.69) is 61.1 Å². The highest BCUT2D eigenvalue weighted by molar-refractivity contribution is 6.26. The molecule has 0 saturated carbocycles. The number of nitrogens with two attached hydrogens (primary N) is 1. The molecule has 0 radical (unpaired) electrons. The van der Waals surface area contributed by atoms with E-state index in [0.29, 0.717) is 95.7 Å². The number of imidazole rings is 2. The van der Waals surface area contributed by atoms with Crippen LogP contribution in [0.2, 0.25) is 0 Å². The molecule has 14 heterocycles. The number of carboxylic acids is 1. The Hall–Kier alpha value is -13.6. The predicted octanol–water partition coefficient (Wildman–Crippen LogP) is 5.99. The van der Waals surface area contributed by atoms with E-state index < -0.39 is 65.3 Å². The van der Waals surface area contributed by atoms with E-state index in [9.17, 15) is 56.7 Å². The number of rotatable bonds is 27. The zero-order valence-corrected chi connectivity index (χ0v) is 68.5. The van der Waals surface area contributed by atoms with Crippen LogP contribution in [-0.2, 0) is 38.2 Å². The third-order valence-corrected chi connectivity index (χ3v) is 23.3. The van der Waals surface area contributed by atoms with E-state index in [-0.39, 0.29) is 104 Å². The summed E-state index contributed by atoms with van der Waals surface area (Å²) >= 11 is 0. The highest BCUT2D eigenvalue weighted by atomic mass is 19.1. The van der Waals surface area contributed by atoms with Crippen molar-refractivity contribution in [1.82, 2.24) is 74.7 Å². The lowest BCUT2D eigenvalue weighted by Crippen LogP contribution is -2.54. The Morgan fingerprint density at radius 3 is 1.36 bits per heavy atom. The quantitative estimate of drug-likeness (QED) is 0.0229. The number of amides is 9. The molecule has 10 aromatic rings. The Labute approximate surface area is 716 Å². The monoisotopic (exact) mass is 1700 g/mol. The summed E-state index contributed by atoms with van der Waals surface area (Å²) in [7, 11) is 0. The molecule has 4 atom stereocenters. The molecule has 4 aromatic carbocycles. The van der Waals surface area contributed by atoms with Gasteiger partial charge in [0.15, 0.2) is 11.3 Å². The van der Waals surface area contributed by atoms with Crippen molar-refractivity contribution in [2.45, 2.75) is 75.5 Å². The third kappa shape index (κ3) is 19.0. The van der Waals surface area contributed by atoms with Crippen molar-refractivity contribution in [2.75, 3.05) is 161 Å². The van der Waals surface area contributed by atoms with Gasteiger partial charge >= 0.3 is 5.97 Å². The van der Waals surface area contributed by atoms with Crippen LogP contribution in [0.15, 0.2) is 158 Å². The fourth-order valence-electron chi connectivity index (χ4n) is 17.2. The molecule has 9 amide bonds. The molecular weight excluding hydrogens is 1610 g/mol. The molecule has 0 bridgehead atoms. The average molecular weight is 1710 g/mol. The van der Waals surface area contributed by atoms with Gasteiger partial charge in [0.2, 0.25) is 29.5 Å². The van der Waals surface area contributed by atoms with Crippen LogP contribution in [0.25, 0.3) is 34.1 Å². The number of carboxylic acid groups (broad SMARTS) is 1. The number of carbonyl (C=O) groups is 10. The molecule has 8 aliphatic rings. The van der Waals surface area contributed by atoms with Crippen LogP contribution < -0.4 is 51.9 Å². The van der Waals surface area contributed by atoms with Gasteiger partial charge in [-0.3, -0.25) is 78.2 Å². The minimum Gasteiger partial charge on any atom is -0.480 e. The number of hydrogen-bond donors (Lipinski definition) is 7. The Kier molecular flexibility index (Phi) is 26.1. The van der Waals surface area contributed by atoms with Crippen molar-refractivity contribution >= 4 is 105 Å². The number of aromatic nitrogens is 8. The lowest BCUT2D eigenvalue weighted by molar-refractivity contribution is -0.139. The van der Waals surface area contributed by atoms with Crippen LogP contribution in [0, 0.1) is 11.6 Å². The maximum Gasteiger partial charge on any atom is 0.317 e. The van der Waals surface area contributed by atoms with Gasteiger partial charge in [0.1, 0.15) is 58.4 Å². The standard InChI is InChI=1S/C44H46FN11O6.C27H28FN7O2.C17H20N4O5/c45-29-6-1-5-28(25-29)33-10-4-18-54(33)38-14-13-36-48-26-35(56(36)51-38)31-8-3-11-37(49-31)53-21-19-52(20-22-53)27-40(58)47-17-24-62-23-16-46-32-9-2-7-30-41(32)44(61)55(43(30)60)34-12-15-39(57)50-42(34)59;28-20-5-1-4-19(16-20)22-7-3-11-34(22)26-10-9-24-29-17-23(35(24)31-26)21-6-2-8-25(30-21)33-14-12-32(13-15-33)18-27(36)37;18-6-8-26-9-7-19-11-3-1-2-10-14(11)17(25)21(16(10)24)12-4-5-13(22)20-15(12)23/h1-3,5-9,11,13-14,25-26,33-34,46H,4,10,12,15-24,27H2,(H,47,58)(H,50,57,59);1-2,4-6,8-10,16-17,22H,3,7,11-15,18H2,(H,36,37);1-3,12,19H,4-9,18H2,(H,20,22,23)/t33-,34?;22-;/m11./s1. The molecule has 0 aliphatic carbocycles. The normalized spacial score (nSPS) is 19.2. The molecule has 125 heavy (non-hydrogen) atoms. The second-order valence-electron chi connectivity index (χ2n) is 31.3. The molecule has 8 N–H and O–H groups in total. The van der Waals surface area contributed by atoms with Crippen molar-refractivity contribution in [3.63, 3.8) is 0 Å². The molecule has 0 spiro atoms. The Morgan fingerprint density at radius 2 is 0.912 bits per heavy atom. The minimum absolute atomic E-state index is 0.0427. The molecule has 35 nitrogen and oxygen atoms in total. The van der Waals surface area contributed by atoms with Gasteiger partial charge in [0.05, 0.1) is 97.6 Å². The first kappa shape index (κ1) is 85.0. The average Bonchev–Trinajstić information content (AvgIpc) is 1.61. The van der Waals surface area contributed by atoms with Gasteiger partial charge < -0.3 is 55.9 Å². The number of nitrogens with zero attached hydrogens (tertiary/aromatic N) is 16. The first-order chi connectivity index (χ1) is 60.8. The summed E-state index contributed by atoms with van der Waals surface area (Å²) < 4.78 is 42.6. The SMILES string of the molecule is NCCOCCNc1cccc2c1C(=O)N(C1CCC(=O)NC1=O)C2=O.O=C(CN1CCN(c2cccc(-c3cnc4ccc(N5CCC[C@@H]5c5cccc(F)c5)nn34)n2)CC1)NCCOCCNc1cccc2c1C(=O)N(C1CCC(=O)NC1=O)C2=O.O=C(O)CN1CCN(c2cccc(-c3cnc4ccc(N5CCC[C@@H]5c5cccc(F)c5)nn34)n2)CC1. The number of carbonyl (C=O) groups excluding carboxylic acids is 9. The number of ether oxygens (including phenoxy) is 2. The topological polar surface area (TPSA) is 408 Å². The fraction of sp³-hybridized carbons (Fsp3) is 0.364. The summed E-state index contributed by atoms with van der Waals surface area (Å²) in [6, 6.07) is 41.2. The van der Waals surface area contributed by atoms with Crippen molar-refractivity contribution < 1.29 is 71.3 Å². The van der Waals surface area contributed by atoms with Crippen molar-refractivity contribution in [1.29, 1.82) is 0 Å². The highest BCUT2D eigenvalue weighted by Gasteiger charge is 2.48. The van der Waals surface area contributed by atoms with Crippen LogP contribution in [0.1, 0.15) is 116 Å². The Morgan fingerprint density at radius 1 is 0.472 bits per heavy atom. The molecule has 18 rings (SSSR count). The molecule has 6 aromatic heterocycles. The van der Waals surface area contributed by atoms with Gasteiger partial charge in [-0.25, -0.2) is 37.7 Å². The lowest BCUT2D eigenvalue weighted by atomic mass is 10.0. The van der Waals surface area contributed by atoms with Crippen LogP contribution in [-0.4, -0.2) is 266 Å². The number of nitrogens with one attached hydrogen (secondary N) is 5. The van der Waals surface area contributed by atoms with Gasteiger partial charge in [-0.05, 0) is 147 Å². The maximum absolute atomic E-state index is 14.1. The fourth-order valence-corrected chi connectivity index (χ4v) is 17.2.